The van der Waals surface area contributed by atoms with Gasteiger partial charge in [-0.15, -0.1) is 0 Å². The lowest BCUT2D eigenvalue weighted by molar-refractivity contribution is 0.0950. The molecule has 0 bridgehead atoms. The summed E-state index contributed by atoms with van der Waals surface area (Å²) in [6.45, 7) is 1.17. The van der Waals surface area contributed by atoms with Gasteiger partial charge >= 0.3 is 0 Å². The van der Waals surface area contributed by atoms with Crippen LogP contribution in [0.25, 0.3) is 0 Å². The molecule has 0 aliphatic carbocycles. The Labute approximate surface area is 162 Å². The number of carbonyl (C=O) groups is 1. The Morgan fingerprint density at radius 2 is 1.74 bits per heavy atom. The molecule has 2 heterocycles. The van der Waals surface area contributed by atoms with Gasteiger partial charge in [-0.25, -0.2) is 9.97 Å². The van der Waals surface area contributed by atoms with Gasteiger partial charge < -0.3 is 14.8 Å². The third-order valence-corrected chi connectivity index (χ3v) is 3.81. The monoisotopic (exact) mass is 383 g/mol. The number of ether oxygens (including phenoxy) is 2. The maximum absolute atomic E-state index is 12.0. The van der Waals surface area contributed by atoms with Crippen LogP contribution in [-0.4, -0.2) is 29.1 Å². The average Bonchev–Trinajstić information content (AvgIpc) is 2.71. The van der Waals surface area contributed by atoms with Gasteiger partial charge in [0.05, 0.1) is 5.56 Å². The molecule has 27 heavy (non-hydrogen) atoms. The summed E-state index contributed by atoms with van der Waals surface area (Å²) in [5.41, 5.74) is 1.31. The fourth-order valence-electron chi connectivity index (χ4n) is 2.22. The smallest absolute Gasteiger partial charge is 0.253 e. The van der Waals surface area contributed by atoms with Crippen molar-refractivity contribution in [3.8, 4) is 11.6 Å². The number of amides is 1. The minimum absolute atomic E-state index is 0.224. The second kappa shape index (κ2) is 9.54. The quantitative estimate of drug-likeness (QED) is 0.476. The van der Waals surface area contributed by atoms with Crippen molar-refractivity contribution in [3.05, 3.63) is 83.3 Å². The van der Waals surface area contributed by atoms with E-state index in [1.807, 2.05) is 36.4 Å². The van der Waals surface area contributed by atoms with Crippen LogP contribution in [0.3, 0.4) is 0 Å². The number of hydrogen-bond donors (Lipinski definition) is 1. The lowest BCUT2D eigenvalue weighted by atomic mass is 10.2. The lowest BCUT2D eigenvalue weighted by Gasteiger charge is -2.08. The summed E-state index contributed by atoms with van der Waals surface area (Å²) in [5.74, 6) is 1.08. The molecule has 0 aliphatic rings. The Hall–Kier alpha value is -3.12. The summed E-state index contributed by atoms with van der Waals surface area (Å²) >= 11 is 5.71. The third kappa shape index (κ3) is 5.97. The Bertz CT molecular complexity index is 856. The molecule has 138 valence electrons. The van der Waals surface area contributed by atoms with E-state index in [0.29, 0.717) is 36.4 Å². The van der Waals surface area contributed by atoms with Gasteiger partial charge in [-0.2, -0.15) is 0 Å². The zero-order chi connectivity index (χ0) is 18.9. The second-order valence-corrected chi connectivity index (χ2v) is 5.95. The topological polar surface area (TPSA) is 73.3 Å². The molecule has 1 aromatic carbocycles. The molecule has 3 rings (SSSR count). The predicted octanol–water partition coefficient (Wildman–Crippen LogP) is 3.52. The molecule has 0 atom stereocenters. The largest absolute Gasteiger partial charge is 0.490 e. The third-order valence-electron chi connectivity index (χ3n) is 3.59. The van der Waals surface area contributed by atoms with E-state index in [1.165, 1.54) is 6.20 Å². The van der Waals surface area contributed by atoms with Crippen molar-refractivity contribution in [1.29, 1.82) is 0 Å². The molecule has 0 spiro atoms. The van der Waals surface area contributed by atoms with E-state index in [9.17, 15) is 4.79 Å². The molecule has 2 aromatic heterocycles. The molecular weight excluding hydrogens is 366 g/mol. The van der Waals surface area contributed by atoms with Crippen LogP contribution in [0, 0.1) is 0 Å². The summed E-state index contributed by atoms with van der Waals surface area (Å²) in [4.78, 5) is 20.1. The van der Waals surface area contributed by atoms with Gasteiger partial charge in [0.2, 0.25) is 5.88 Å². The van der Waals surface area contributed by atoms with E-state index in [0.717, 1.165) is 11.3 Å². The van der Waals surface area contributed by atoms with Gasteiger partial charge in [-0.1, -0.05) is 35.9 Å². The first kappa shape index (κ1) is 18.7. The first-order valence-electron chi connectivity index (χ1n) is 8.36. The van der Waals surface area contributed by atoms with E-state index in [-0.39, 0.29) is 5.91 Å². The minimum Gasteiger partial charge on any atom is -0.490 e. The van der Waals surface area contributed by atoms with Gasteiger partial charge in [0.15, 0.2) is 0 Å². The predicted molar refractivity (Wildman–Crippen MR) is 102 cm³/mol. The van der Waals surface area contributed by atoms with Crippen molar-refractivity contribution < 1.29 is 14.3 Å². The number of aromatic nitrogens is 2. The first-order chi connectivity index (χ1) is 13.2. The molecule has 1 N–H and O–H groups in total. The van der Waals surface area contributed by atoms with E-state index in [2.05, 4.69) is 15.3 Å². The highest BCUT2D eigenvalue weighted by Crippen LogP contribution is 2.10. The van der Waals surface area contributed by atoms with Gasteiger partial charge in [0, 0.05) is 25.0 Å². The van der Waals surface area contributed by atoms with Gasteiger partial charge in [0.25, 0.3) is 5.91 Å². The van der Waals surface area contributed by atoms with Crippen LogP contribution in [0.4, 0.5) is 0 Å². The Morgan fingerprint density at radius 1 is 0.926 bits per heavy atom. The molecule has 0 saturated carbocycles. The molecular formula is C20H18ClN3O3. The molecule has 0 aliphatic heterocycles. The van der Waals surface area contributed by atoms with Crippen molar-refractivity contribution in [2.45, 2.75) is 6.54 Å². The molecule has 0 saturated heterocycles. The summed E-state index contributed by atoms with van der Waals surface area (Å²) in [6, 6.07) is 16.3. The minimum atomic E-state index is -0.224. The number of nitrogens with zero attached hydrogens (tertiary/aromatic N) is 2. The first-order valence-corrected chi connectivity index (χ1v) is 8.74. The highest BCUT2D eigenvalue weighted by molar-refractivity contribution is 6.29. The molecule has 3 aromatic rings. The second-order valence-electron chi connectivity index (χ2n) is 5.57. The Kier molecular flexibility index (Phi) is 6.60. The van der Waals surface area contributed by atoms with Crippen molar-refractivity contribution >= 4 is 17.5 Å². The van der Waals surface area contributed by atoms with Crippen molar-refractivity contribution in [2.75, 3.05) is 13.2 Å². The molecule has 7 heteroatoms. The fourth-order valence-corrected chi connectivity index (χ4v) is 2.33. The van der Waals surface area contributed by atoms with Crippen LogP contribution in [0.5, 0.6) is 11.6 Å². The summed E-state index contributed by atoms with van der Waals surface area (Å²) in [7, 11) is 0. The van der Waals surface area contributed by atoms with E-state index in [4.69, 9.17) is 21.1 Å². The standard InChI is InChI=1S/C20H18ClN3O3/c21-18-8-7-16(14-22-18)20(25)24-13-15-6-9-19(23-12-15)27-11-10-26-17-4-2-1-3-5-17/h1-9,12,14H,10-11,13H2,(H,24,25). The van der Waals surface area contributed by atoms with Gasteiger partial charge in [-0.05, 0) is 29.8 Å². The highest BCUT2D eigenvalue weighted by Gasteiger charge is 2.06. The number of benzene rings is 1. The zero-order valence-electron chi connectivity index (χ0n) is 14.5. The van der Waals surface area contributed by atoms with Gasteiger partial charge in [0.1, 0.15) is 24.1 Å². The van der Waals surface area contributed by atoms with Crippen LogP contribution >= 0.6 is 11.6 Å². The molecule has 0 radical (unpaired) electrons. The summed E-state index contributed by atoms with van der Waals surface area (Å²) < 4.78 is 11.1. The molecule has 6 nitrogen and oxygen atoms in total. The number of carbonyl (C=O) groups excluding carboxylic acids is 1. The normalized spacial score (nSPS) is 10.3. The number of nitrogens with one attached hydrogen (secondary N) is 1. The molecule has 0 unspecified atom stereocenters. The average molecular weight is 384 g/mol. The number of pyridine rings is 2. The Balaban J connectivity index is 1.40. The lowest BCUT2D eigenvalue weighted by Crippen LogP contribution is -2.23. The van der Waals surface area contributed by atoms with Gasteiger partial charge in [-0.3, -0.25) is 4.79 Å². The molecule has 0 fully saturated rings. The number of para-hydroxylation sites is 1. The summed E-state index contributed by atoms with van der Waals surface area (Å²) in [6.07, 6.45) is 3.10. The number of rotatable bonds is 8. The van der Waals surface area contributed by atoms with Crippen molar-refractivity contribution in [2.24, 2.45) is 0 Å². The van der Waals surface area contributed by atoms with E-state index < -0.39 is 0 Å². The maximum Gasteiger partial charge on any atom is 0.253 e. The number of hydrogen-bond acceptors (Lipinski definition) is 5. The highest BCUT2D eigenvalue weighted by atomic mass is 35.5. The Morgan fingerprint density at radius 3 is 2.44 bits per heavy atom. The van der Waals surface area contributed by atoms with Crippen LogP contribution < -0.4 is 14.8 Å². The SMILES string of the molecule is O=C(NCc1ccc(OCCOc2ccccc2)nc1)c1ccc(Cl)nc1. The maximum atomic E-state index is 12.0. The number of halogens is 1. The van der Waals surface area contributed by atoms with E-state index in [1.54, 1.807) is 24.4 Å². The fraction of sp³-hybridized carbons (Fsp3) is 0.150. The zero-order valence-corrected chi connectivity index (χ0v) is 15.2. The van der Waals surface area contributed by atoms with Crippen LogP contribution in [0.2, 0.25) is 5.15 Å². The van der Waals surface area contributed by atoms with E-state index >= 15 is 0 Å². The van der Waals surface area contributed by atoms with Crippen LogP contribution in [-0.2, 0) is 6.54 Å². The van der Waals surface area contributed by atoms with Crippen LogP contribution in [0.15, 0.2) is 67.0 Å². The van der Waals surface area contributed by atoms with Crippen LogP contribution in [0.1, 0.15) is 15.9 Å². The molecule has 1 amide bonds. The summed E-state index contributed by atoms with van der Waals surface area (Å²) in [5, 5.41) is 3.15. The van der Waals surface area contributed by atoms with Crippen molar-refractivity contribution in [3.63, 3.8) is 0 Å². The van der Waals surface area contributed by atoms with Crippen molar-refractivity contribution in [1.82, 2.24) is 15.3 Å².